The summed E-state index contributed by atoms with van der Waals surface area (Å²) in [5, 5.41) is 9.00. The van der Waals surface area contributed by atoms with E-state index in [0.29, 0.717) is 11.5 Å². The molecule has 1 aromatic carbocycles. The largest absolute Gasteiger partial charge is 0.478 e. The van der Waals surface area contributed by atoms with Gasteiger partial charge in [0.1, 0.15) is 0 Å². The Kier molecular flexibility index (Phi) is 3.28. The first kappa shape index (κ1) is 10.8. The fraction of sp³-hybridized carbons (Fsp3) is 0.417. The zero-order valence-electron chi connectivity index (χ0n) is 8.87. The number of carbonyl (C=O) groups is 1. The van der Waals surface area contributed by atoms with Gasteiger partial charge in [0.25, 0.3) is 0 Å². The molecule has 0 aliphatic heterocycles. The maximum Gasteiger partial charge on any atom is 0.335 e. The molecule has 0 radical (unpaired) electrons. The lowest BCUT2D eigenvalue weighted by Crippen LogP contribution is -2.03. The van der Waals surface area contributed by atoms with Crippen LogP contribution in [0.15, 0.2) is 18.2 Å². The Morgan fingerprint density at radius 2 is 2.07 bits per heavy atom. The van der Waals surface area contributed by atoms with Gasteiger partial charge in [-0.2, -0.15) is 0 Å². The molecular formula is C12H16O2. The SMILES string of the molecule is CCc1ccc(C(C)C)cc1C(=O)O. The Bertz CT molecular complexity index is 340. The van der Waals surface area contributed by atoms with E-state index >= 15 is 0 Å². The van der Waals surface area contributed by atoms with Crippen molar-refractivity contribution in [3.05, 3.63) is 34.9 Å². The van der Waals surface area contributed by atoms with Crippen molar-refractivity contribution in [3.8, 4) is 0 Å². The summed E-state index contributed by atoms with van der Waals surface area (Å²) in [7, 11) is 0. The predicted molar refractivity (Wildman–Crippen MR) is 56.9 cm³/mol. The van der Waals surface area contributed by atoms with Crippen molar-refractivity contribution in [2.45, 2.75) is 33.1 Å². The van der Waals surface area contributed by atoms with E-state index in [4.69, 9.17) is 5.11 Å². The average molecular weight is 192 g/mol. The van der Waals surface area contributed by atoms with E-state index in [-0.39, 0.29) is 0 Å². The summed E-state index contributed by atoms with van der Waals surface area (Å²) in [6, 6.07) is 5.71. The van der Waals surface area contributed by atoms with Crippen molar-refractivity contribution in [1.29, 1.82) is 0 Å². The number of hydrogen-bond donors (Lipinski definition) is 1. The maximum atomic E-state index is 11.0. The average Bonchev–Trinajstić information content (AvgIpc) is 2.16. The van der Waals surface area contributed by atoms with Crippen molar-refractivity contribution in [3.63, 3.8) is 0 Å². The quantitative estimate of drug-likeness (QED) is 0.799. The first-order chi connectivity index (χ1) is 6.56. The predicted octanol–water partition coefficient (Wildman–Crippen LogP) is 3.07. The zero-order valence-corrected chi connectivity index (χ0v) is 8.87. The molecule has 0 spiro atoms. The van der Waals surface area contributed by atoms with Crippen molar-refractivity contribution in [1.82, 2.24) is 0 Å². The number of rotatable bonds is 3. The van der Waals surface area contributed by atoms with E-state index in [1.807, 2.05) is 19.1 Å². The Morgan fingerprint density at radius 3 is 2.50 bits per heavy atom. The first-order valence-corrected chi connectivity index (χ1v) is 4.92. The summed E-state index contributed by atoms with van der Waals surface area (Å²) in [6.45, 7) is 6.09. The fourth-order valence-electron chi connectivity index (χ4n) is 1.46. The highest BCUT2D eigenvalue weighted by molar-refractivity contribution is 5.89. The first-order valence-electron chi connectivity index (χ1n) is 4.92. The molecule has 0 saturated carbocycles. The van der Waals surface area contributed by atoms with Gasteiger partial charge < -0.3 is 5.11 Å². The van der Waals surface area contributed by atoms with Crippen LogP contribution in [0.5, 0.6) is 0 Å². The van der Waals surface area contributed by atoms with Gasteiger partial charge in [0.15, 0.2) is 0 Å². The molecule has 76 valence electrons. The van der Waals surface area contributed by atoms with Crippen LogP contribution in [0.1, 0.15) is 48.2 Å². The van der Waals surface area contributed by atoms with Gasteiger partial charge in [-0.1, -0.05) is 32.9 Å². The molecule has 0 amide bonds. The normalized spacial score (nSPS) is 10.6. The molecule has 14 heavy (non-hydrogen) atoms. The summed E-state index contributed by atoms with van der Waals surface area (Å²) in [4.78, 5) is 11.0. The summed E-state index contributed by atoms with van der Waals surface area (Å²) < 4.78 is 0. The molecule has 2 nitrogen and oxygen atoms in total. The second-order valence-electron chi connectivity index (χ2n) is 3.73. The van der Waals surface area contributed by atoms with E-state index in [0.717, 1.165) is 17.5 Å². The summed E-state index contributed by atoms with van der Waals surface area (Å²) >= 11 is 0. The molecule has 0 bridgehead atoms. The molecule has 1 aromatic rings. The third kappa shape index (κ3) is 2.13. The molecular weight excluding hydrogens is 176 g/mol. The van der Waals surface area contributed by atoms with Gasteiger partial charge >= 0.3 is 5.97 Å². The third-order valence-electron chi connectivity index (χ3n) is 2.41. The minimum Gasteiger partial charge on any atom is -0.478 e. The smallest absolute Gasteiger partial charge is 0.335 e. The number of carboxylic acid groups (broad SMARTS) is 1. The number of carboxylic acids is 1. The van der Waals surface area contributed by atoms with Gasteiger partial charge in [-0.25, -0.2) is 4.79 Å². The Balaban J connectivity index is 3.21. The molecule has 1 N–H and O–H groups in total. The molecule has 1 rings (SSSR count). The van der Waals surface area contributed by atoms with E-state index < -0.39 is 5.97 Å². The Labute approximate surface area is 84.6 Å². The maximum absolute atomic E-state index is 11.0. The van der Waals surface area contributed by atoms with Crippen LogP contribution in [0.2, 0.25) is 0 Å². The molecule has 0 aromatic heterocycles. The van der Waals surface area contributed by atoms with E-state index in [1.54, 1.807) is 6.07 Å². The number of benzene rings is 1. The van der Waals surface area contributed by atoms with Gasteiger partial charge in [0.05, 0.1) is 5.56 Å². The summed E-state index contributed by atoms with van der Waals surface area (Å²) in [5.74, 6) is -0.455. The van der Waals surface area contributed by atoms with Gasteiger partial charge in [0.2, 0.25) is 0 Å². The Hall–Kier alpha value is -1.31. The number of hydrogen-bond acceptors (Lipinski definition) is 1. The zero-order chi connectivity index (χ0) is 10.7. The van der Waals surface area contributed by atoms with Crippen molar-refractivity contribution in [2.24, 2.45) is 0 Å². The second kappa shape index (κ2) is 4.27. The third-order valence-corrected chi connectivity index (χ3v) is 2.41. The van der Waals surface area contributed by atoms with Crippen LogP contribution < -0.4 is 0 Å². The topological polar surface area (TPSA) is 37.3 Å². The van der Waals surface area contributed by atoms with Crippen molar-refractivity contribution >= 4 is 5.97 Å². The number of aryl methyl sites for hydroxylation is 1. The lowest BCUT2D eigenvalue weighted by Gasteiger charge is -2.09. The van der Waals surface area contributed by atoms with Gasteiger partial charge in [-0.15, -0.1) is 0 Å². The Morgan fingerprint density at radius 1 is 1.43 bits per heavy atom. The van der Waals surface area contributed by atoms with Crippen LogP contribution >= 0.6 is 0 Å². The van der Waals surface area contributed by atoms with Crippen LogP contribution in [-0.2, 0) is 6.42 Å². The molecule has 0 atom stereocenters. The lowest BCUT2D eigenvalue weighted by atomic mass is 9.96. The molecule has 2 heteroatoms. The van der Waals surface area contributed by atoms with Crippen molar-refractivity contribution < 1.29 is 9.90 Å². The molecule has 0 saturated heterocycles. The van der Waals surface area contributed by atoms with Crippen LogP contribution in [0.25, 0.3) is 0 Å². The molecule has 0 aliphatic carbocycles. The van der Waals surface area contributed by atoms with E-state index in [9.17, 15) is 4.79 Å². The van der Waals surface area contributed by atoms with Crippen LogP contribution in [0, 0.1) is 0 Å². The lowest BCUT2D eigenvalue weighted by molar-refractivity contribution is 0.0695. The monoisotopic (exact) mass is 192 g/mol. The van der Waals surface area contributed by atoms with Gasteiger partial charge in [-0.3, -0.25) is 0 Å². The van der Waals surface area contributed by atoms with Gasteiger partial charge in [0, 0.05) is 0 Å². The van der Waals surface area contributed by atoms with E-state index in [1.165, 1.54) is 0 Å². The van der Waals surface area contributed by atoms with Crippen LogP contribution in [-0.4, -0.2) is 11.1 Å². The molecule has 0 aliphatic rings. The second-order valence-corrected chi connectivity index (χ2v) is 3.73. The molecule has 0 heterocycles. The van der Waals surface area contributed by atoms with Crippen LogP contribution in [0.4, 0.5) is 0 Å². The summed E-state index contributed by atoms with van der Waals surface area (Å²) in [5.41, 5.74) is 2.43. The summed E-state index contributed by atoms with van der Waals surface area (Å²) in [6.07, 6.45) is 0.764. The standard InChI is InChI=1S/C12H16O2/c1-4-9-5-6-10(8(2)3)7-11(9)12(13)14/h5-8H,4H2,1-3H3,(H,13,14). The van der Waals surface area contributed by atoms with Crippen molar-refractivity contribution in [2.75, 3.05) is 0 Å². The minimum atomic E-state index is -0.829. The van der Waals surface area contributed by atoms with E-state index in [2.05, 4.69) is 13.8 Å². The highest BCUT2D eigenvalue weighted by Gasteiger charge is 2.10. The highest BCUT2D eigenvalue weighted by atomic mass is 16.4. The minimum absolute atomic E-state index is 0.374. The fourth-order valence-corrected chi connectivity index (χ4v) is 1.46. The molecule has 0 unspecified atom stereocenters. The number of aromatic carboxylic acids is 1. The molecule has 0 fully saturated rings. The highest BCUT2D eigenvalue weighted by Crippen LogP contribution is 2.19. The van der Waals surface area contributed by atoms with Crippen LogP contribution in [0.3, 0.4) is 0 Å². The van der Waals surface area contributed by atoms with Gasteiger partial charge in [-0.05, 0) is 29.5 Å².